The fraction of sp³-hybridized carbons (Fsp3) is 0.316. The zero-order valence-corrected chi connectivity index (χ0v) is 16.1. The van der Waals surface area contributed by atoms with Crippen LogP contribution in [0, 0.1) is 13.8 Å². The lowest BCUT2D eigenvalue weighted by Gasteiger charge is -2.31. The first-order chi connectivity index (χ1) is 11.4. The molecule has 1 heterocycles. The number of halogens is 2. The summed E-state index contributed by atoms with van der Waals surface area (Å²) in [7, 11) is 0. The number of rotatable bonds is 4. The average Bonchev–Trinajstić information content (AvgIpc) is 3.03. The van der Waals surface area contributed by atoms with Crippen molar-refractivity contribution < 1.29 is 0 Å². The third-order valence-electron chi connectivity index (χ3n) is 4.16. The van der Waals surface area contributed by atoms with E-state index in [4.69, 9.17) is 28.9 Å². The van der Waals surface area contributed by atoms with Crippen LogP contribution in [0.3, 0.4) is 0 Å². The van der Waals surface area contributed by atoms with Crippen LogP contribution in [0.15, 0.2) is 41.4 Å². The van der Waals surface area contributed by atoms with Crippen LogP contribution < -0.4 is 5.73 Å². The molecule has 0 bridgehead atoms. The molecule has 2 N–H and O–H groups in total. The molecule has 0 amide bonds. The van der Waals surface area contributed by atoms with Crippen LogP contribution >= 0.6 is 35.0 Å². The van der Waals surface area contributed by atoms with E-state index in [-0.39, 0.29) is 0 Å². The summed E-state index contributed by atoms with van der Waals surface area (Å²) in [6.07, 6.45) is 0.640. The molecule has 0 fully saturated rings. The molecule has 0 spiro atoms. The number of benzene rings is 2. The Kier molecular flexibility index (Phi) is 5.26. The van der Waals surface area contributed by atoms with Crippen molar-refractivity contribution in [2.45, 2.75) is 25.8 Å². The SMILES string of the molecule is Cc1cc(C)cc(CC(N)(C2=NCCS2)c2cccc(Cl)c2Cl)c1. The minimum atomic E-state index is -0.761. The van der Waals surface area contributed by atoms with Gasteiger partial charge in [0.2, 0.25) is 0 Å². The molecule has 24 heavy (non-hydrogen) atoms. The predicted molar refractivity (Wildman–Crippen MR) is 107 cm³/mol. The van der Waals surface area contributed by atoms with Crippen molar-refractivity contribution in [3.05, 3.63) is 68.7 Å². The van der Waals surface area contributed by atoms with E-state index in [0.717, 1.165) is 22.9 Å². The van der Waals surface area contributed by atoms with E-state index in [1.807, 2.05) is 12.1 Å². The third kappa shape index (κ3) is 3.50. The summed E-state index contributed by atoms with van der Waals surface area (Å²) in [5.74, 6) is 0.958. The van der Waals surface area contributed by atoms with Gasteiger partial charge in [-0.1, -0.05) is 64.7 Å². The number of nitrogens with two attached hydrogens (primary N) is 1. The first kappa shape index (κ1) is 17.8. The molecule has 1 aliphatic rings. The average molecular weight is 379 g/mol. The molecule has 0 aromatic heterocycles. The molecule has 2 nitrogen and oxygen atoms in total. The van der Waals surface area contributed by atoms with E-state index < -0.39 is 5.54 Å². The molecular formula is C19H20Cl2N2S. The topological polar surface area (TPSA) is 38.4 Å². The Bertz CT molecular complexity index is 784. The second-order valence-corrected chi connectivity index (χ2v) is 8.15. The molecule has 1 unspecified atom stereocenters. The third-order valence-corrected chi connectivity index (χ3v) is 6.14. The molecule has 0 saturated heterocycles. The summed E-state index contributed by atoms with van der Waals surface area (Å²) < 4.78 is 0. The highest BCUT2D eigenvalue weighted by atomic mass is 35.5. The number of nitrogens with zero attached hydrogens (tertiary/aromatic N) is 1. The summed E-state index contributed by atoms with van der Waals surface area (Å²) in [5, 5.41) is 1.97. The number of hydrogen-bond acceptors (Lipinski definition) is 3. The fourth-order valence-corrected chi connectivity index (χ4v) is 4.70. The zero-order chi connectivity index (χ0) is 17.3. The number of aliphatic imine (C=N–C) groups is 1. The van der Waals surface area contributed by atoms with Crippen molar-refractivity contribution in [2.24, 2.45) is 10.7 Å². The molecule has 0 aliphatic carbocycles. The van der Waals surface area contributed by atoms with Crippen LogP contribution in [0.1, 0.15) is 22.3 Å². The molecule has 5 heteroatoms. The highest BCUT2D eigenvalue weighted by molar-refractivity contribution is 8.14. The van der Waals surface area contributed by atoms with Gasteiger partial charge < -0.3 is 5.73 Å². The van der Waals surface area contributed by atoms with Gasteiger partial charge in [-0.25, -0.2) is 0 Å². The van der Waals surface area contributed by atoms with Crippen LogP contribution in [0.5, 0.6) is 0 Å². The minimum absolute atomic E-state index is 0.515. The van der Waals surface area contributed by atoms with Crippen LogP contribution in [0.25, 0.3) is 0 Å². The summed E-state index contributed by atoms with van der Waals surface area (Å²) >= 11 is 14.5. The van der Waals surface area contributed by atoms with Crippen LogP contribution in [-0.2, 0) is 12.0 Å². The van der Waals surface area contributed by atoms with Gasteiger partial charge in [-0.15, -0.1) is 11.8 Å². The van der Waals surface area contributed by atoms with Crippen LogP contribution in [-0.4, -0.2) is 17.3 Å². The van der Waals surface area contributed by atoms with Crippen molar-refractivity contribution in [3.8, 4) is 0 Å². The molecule has 2 aromatic carbocycles. The second kappa shape index (κ2) is 7.09. The molecule has 0 radical (unpaired) electrons. The molecule has 126 valence electrons. The number of aryl methyl sites for hydroxylation is 2. The van der Waals surface area contributed by atoms with Crippen LogP contribution in [0.2, 0.25) is 10.0 Å². The lowest BCUT2D eigenvalue weighted by Crippen LogP contribution is -2.45. The van der Waals surface area contributed by atoms with Gasteiger partial charge in [-0.2, -0.15) is 0 Å². The smallest absolute Gasteiger partial charge is 0.0952 e. The molecule has 3 rings (SSSR count). The quantitative estimate of drug-likeness (QED) is 0.798. The maximum Gasteiger partial charge on any atom is 0.0952 e. The van der Waals surface area contributed by atoms with Crippen LogP contribution in [0.4, 0.5) is 0 Å². The van der Waals surface area contributed by atoms with Crippen molar-refractivity contribution >= 4 is 40.0 Å². The fourth-order valence-electron chi connectivity index (χ4n) is 3.23. The maximum atomic E-state index is 6.93. The lowest BCUT2D eigenvalue weighted by atomic mass is 9.84. The number of thioether (sulfide) groups is 1. The van der Waals surface area contributed by atoms with Gasteiger partial charge in [-0.3, -0.25) is 4.99 Å². The van der Waals surface area contributed by atoms with Gasteiger partial charge in [-0.05, 0) is 31.0 Å². The van der Waals surface area contributed by atoms with Gasteiger partial charge in [0, 0.05) is 18.7 Å². The summed E-state index contributed by atoms with van der Waals surface area (Å²) in [6.45, 7) is 5.00. The van der Waals surface area contributed by atoms with Gasteiger partial charge in [0.15, 0.2) is 0 Å². The van der Waals surface area contributed by atoms with Gasteiger partial charge in [0.05, 0.1) is 20.6 Å². The largest absolute Gasteiger partial charge is 0.316 e. The molecule has 1 atom stereocenters. The Morgan fingerprint density at radius 3 is 2.50 bits per heavy atom. The van der Waals surface area contributed by atoms with E-state index >= 15 is 0 Å². The van der Waals surface area contributed by atoms with Gasteiger partial charge in [0.1, 0.15) is 0 Å². The van der Waals surface area contributed by atoms with E-state index in [1.165, 1.54) is 16.7 Å². The Hall–Kier alpha value is -1.000. The Morgan fingerprint density at radius 2 is 1.88 bits per heavy atom. The first-order valence-corrected chi connectivity index (χ1v) is 9.62. The van der Waals surface area contributed by atoms with E-state index in [2.05, 4.69) is 37.0 Å². The second-order valence-electron chi connectivity index (χ2n) is 6.28. The highest BCUT2D eigenvalue weighted by Crippen LogP contribution is 2.38. The summed E-state index contributed by atoms with van der Waals surface area (Å²) in [6, 6.07) is 12.1. The summed E-state index contributed by atoms with van der Waals surface area (Å²) in [4.78, 5) is 4.65. The van der Waals surface area contributed by atoms with E-state index in [0.29, 0.717) is 16.5 Å². The summed E-state index contributed by atoms with van der Waals surface area (Å²) in [5.41, 5.74) is 10.6. The standard InChI is InChI=1S/C19H20Cl2N2S/c1-12-8-13(2)10-14(9-12)11-19(22,18-23-6-7-24-18)15-4-3-5-16(20)17(15)21/h3-5,8-10H,6-7,11,22H2,1-2H3. The van der Waals surface area contributed by atoms with E-state index in [9.17, 15) is 0 Å². The van der Waals surface area contributed by atoms with Crippen molar-refractivity contribution in [3.63, 3.8) is 0 Å². The Balaban J connectivity index is 2.11. The van der Waals surface area contributed by atoms with Gasteiger partial charge in [0.25, 0.3) is 0 Å². The van der Waals surface area contributed by atoms with Crippen molar-refractivity contribution in [2.75, 3.05) is 12.3 Å². The predicted octanol–water partition coefficient (Wildman–Crippen LogP) is 5.15. The molecule has 1 aliphatic heterocycles. The zero-order valence-electron chi connectivity index (χ0n) is 13.8. The molecular weight excluding hydrogens is 359 g/mol. The first-order valence-electron chi connectivity index (χ1n) is 7.88. The normalized spacial score (nSPS) is 16.8. The highest BCUT2D eigenvalue weighted by Gasteiger charge is 2.37. The molecule has 2 aromatic rings. The lowest BCUT2D eigenvalue weighted by molar-refractivity contribution is 0.606. The molecule has 0 saturated carbocycles. The maximum absolute atomic E-state index is 6.93. The van der Waals surface area contributed by atoms with Crippen molar-refractivity contribution in [1.29, 1.82) is 0 Å². The van der Waals surface area contributed by atoms with Crippen molar-refractivity contribution in [1.82, 2.24) is 0 Å². The Morgan fingerprint density at radius 1 is 1.17 bits per heavy atom. The van der Waals surface area contributed by atoms with E-state index in [1.54, 1.807) is 17.8 Å². The van der Waals surface area contributed by atoms with Gasteiger partial charge >= 0.3 is 0 Å². The Labute approximate surface area is 157 Å². The monoisotopic (exact) mass is 378 g/mol. The minimum Gasteiger partial charge on any atom is -0.316 e. The number of hydrogen-bond donors (Lipinski definition) is 1.